The van der Waals surface area contributed by atoms with Crippen LogP contribution in [0.2, 0.25) is 0 Å². The second-order valence-electron chi connectivity index (χ2n) is 5.21. The molecule has 19 heavy (non-hydrogen) atoms. The van der Waals surface area contributed by atoms with Gasteiger partial charge < -0.3 is 5.32 Å². The second kappa shape index (κ2) is 7.31. The lowest BCUT2D eigenvalue weighted by molar-refractivity contribution is 0.542. The normalized spacial score (nSPS) is 13.9. The smallest absolute Gasteiger partial charge is 0.156 e. The molecule has 0 aliphatic heterocycles. The molecule has 7 heteroatoms. The molecule has 0 aliphatic rings. The summed E-state index contributed by atoms with van der Waals surface area (Å²) in [7, 11) is -3.09. The first-order valence-electron chi connectivity index (χ1n) is 6.52. The molecule has 0 aliphatic carbocycles. The predicted octanol–water partition coefficient (Wildman–Crippen LogP) is 1.82. The van der Waals surface area contributed by atoms with Crippen LogP contribution in [0.15, 0.2) is 0 Å². The number of nitrogens with one attached hydrogen (secondary N) is 1. The number of hydrogen-bond acceptors (Lipinski definition) is 6. The summed E-state index contributed by atoms with van der Waals surface area (Å²) in [6.07, 6.45) is 3.07. The van der Waals surface area contributed by atoms with Crippen LogP contribution in [0.3, 0.4) is 0 Å². The Labute approximate surface area is 119 Å². The quantitative estimate of drug-likeness (QED) is 0.742. The van der Waals surface area contributed by atoms with Crippen LogP contribution in [0.1, 0.15) is 42.5 Å². The minimum atomic E-state index is -3.09. The number of nitrogens with zero attached hydrogens (tertiary/aromatic N) is 2. The maximum absolute atomic E-state index is 11.4. The first-order valence-corrected chi connectivity index (χ1v) is 9.29. The van der Waals surface area contributed by atoms with E-state index in [1.807, 2.05) is 0 Å². The Morgan fingerprint density at radius 2 is 1.95 bits per heavy atom. The van der Waals surface area contributed by atoms with Gasteiger partial charge >= 0.3 is 0 Å². The van der Waals surface area contributed by atoms with Gasteiger partial charge in [-0.2, -0.15) is 0 Å². The maximum Gasteiger partial charge on any atom is 0.156 e. The molecule has 1 atom stereocenters. The van der Waals surface area contributed by atoms with Crippen molar-refractivity contribution in [2.75, 3.05) is 19.3 Å². The highest BCUT2D eigenvalue weighted by atomic mass is 32.2. The van der Waals surface area contributed by atoms with E-state index in [1.54, 1.807) is 6.92 Å². The second-order valence-corrected chi connectivity index (χ2v) is 8.67. The molecular weight excluding hydrogens is 282 g/mol. The zero-order valence-electron chi connectivity index (χ0n) is 12.0. The monoisotopic (exact) mass is 305 g/mol. The molecule has 5 nitrogen and oxygen atoms in total. The van der Waals surface area contributed by atoms with E-state index >= 15 is 0 Å². The lowest BCUT2D eigenvalue weighted by Gasteiger charge is -2.05. The third kappa shape index (κ3) is 5.97. The topological polar surface area (TPSA) is 72.0 Å². The molecule has 0 saturated carbocycles. The molecule has 0 aromatic carbocycles. The number of sulfone groups is 1. The van der Waals surface area contributed by atoms with E-state index in [-0.39, 0.29) is 0 Å². The van der Waals surface area contributed by atoms with Crippen LogP contribution in [-0.4, -0.2) is 38.0 Å². The van der Waals surface area contributed by atoms with E-state index in [9.17, 15) is 8.42 Å². The lowest BCUT2D eigenvalue weighted by Crippen LogP contribution is -2.21. The van der Waals surface area contributed by atoms with Crippen molar-refractivity contribution in [1.82, 2.24) is 15.5 Å². The summed E-state index contributed by atoms with van der Waals surface area (Å²) < 4.78 is 22.9. The lowest BCUT2D eigenvalue weighted by atomic mass is 10.2. The van der Waals surface area contributed by atoms with Crippen LogP contribution in [0, 0.1) is 5.92 Å². The first-order chi connectivity index (χ1) is 8.80. The van der Waals surface area contributed by atoms with Gasteiger partial charge in [0.05, 0.1) is 0 Å². The molecule has 1 aromatic heterocycles. The van der Waals surface area contributed by atoms with Crippen LogP contribution < -0.4 is 5.32 Å². The largest absolute Gasteiger partial charge is 0.316 e. The highest BCUT2D eigenvalue weighted by Crippen LogP contribution is 2.24. The average molecular weight is 305 g/mol. The van der Waals surface area contributed by atoms with Crippen LogP contribution in [-0.2, 0) is 16.3 Å². The summed E-state index contributed by atoms with van der Waals surface area (Å²) >= 11 is 1.40. The molecule has 1 rings (SSSR count). The molecule has 1 aromatic rings. The average Bonchev–Trinajstić information content (AvgIpc) is 2.74. The van der Waals surface area contributed by atoms with Gasteiger partial charge in [-0.05, 0) is 32.4 Å². The van der Waals surface area contributed by atoms with Crippen molar-refractivity contribution in [2.24, 2.45) is 5.92 Å². The molecule has 0 bridgehead atoms. The Morgan fingerprint density at radius 1 is 1.26 bits per heavy atom. The van der Waals surface area contributed by atoms with Gasteiger partial charge in [0.2, 0.25) is 0 Å². The number of aromatic nitrogens is 2. The Hall–Kier alpha value is -0.530. The fourth-order valence-electron chi connectivity index (χ4n) is 1.47. The minimum Gasteiger partial charge on any atom is -0.316 e. The van der Waals surface area contributed by atoms with E-state index in [4.69, 9.17) is 0 Å². The predicted molar refractivity (Wildman–Crippen MR) is 79.2 cm³/mol. The van der Waals surface area contributed by atoms with Crippen molar-refractivity contribution in [3.05, 3.63) is 10.0 Å². The van der Waals surface area contributed by atoms with Crippen molar-refractivity contribution in [3.63, 3.8) is 0 Å². The van der Waals surface area contributed by atoms with E-state index in [0.717, 1.165) is 30.9 Å². The van der Waals surface area contributed by atoms with Gasteiger partial charge in [-0.15, -0.1) is 21.5 Å². The van der Waals surface area contributed by atoms with E-state index in [1.165, 1.54) is 17.6 Å². The Balaban J connectivity index is 2.39. The molecule has 0 amide bonds. The van der Waals surface area contributed by atoms with Crippen LogP contribution in [0.5, 0.6) is 0 Å². The third-order valence-electron chi connectivity index (χ3n) is 2.77. The summed E-state index contributed by atoms with van der Waals surface area (Å²) in [6.45, 7) is 7.98. The Bertz CT molecular complexity index is 483. The summed E-state index contributed by atoms with van der Waals surface area (Å²) in [4.78, 5) is 0. The molecule has 1 heterocycles. The van der Waals surface area contributed by atoms with E-state index in [0.29, 0.717) is 10.9 Å². The molecule has 0 radical (unpaired) electrons. The summed E-state index contributed by atoms with van der Waals surface area (Å²) in [5.74, 6) is 0.656. The summed E-state index contributed by atoms with van der Waals surface area (Å²) in [5.41, 5.74) is 0. The highest BCUT2D eigenvalue weighted by Gasteiger charge is 2.21. The van der Waals surface area contributed by atoms with E-state index in [2.05, 4.69) is 29.4 Å². The van der Waals surface area contributed by atoms with Crippen molar-refractivity contribution >= 4 is 21.2 Å². The zero-order valence-corrected chi connectivity index (χ0v) is 13.6. The van der Waals surface area contributed by atoms with E-state index < -0.39 is 15.1 Å². The summed E-state index contributed by atoms with van der Waals surface area (Å²) in [5, 5.41) is 12.4. The van der Waals surface area contributed by atoms with Gasteiger partial charge in [0.25, 0.3) is 0 Å². The molecule has 0 saturated heterocycles. The third-order valence-corrected chi connectivity index (χ3v) is 5.59. The Morgan fingerprint density at radius 3 is 2.53 bits per heavy atom. The van der Waals surface area contributed by atoms with Gasteiger partial charge in [0.1, 0.15) is 15.3 Å². The van der Waals surface area contributed by atoms with Gasteiger partial charge in [-0.3, -0.25) is 0 Å². The van der Waals surface area contributed by atoms with Gasteiger partial charge in [-0.25, -0.2) is 8.42 Å². The first kappa shape index (κ1) is 16.5. The zero-order chi connectivity index (χ0) is 14.5. The fraction of sp³-hybridized carbons (Fsp3) is 0.833. The van der Waals surface area contributed by atoms with Crippen LogP contribution in [0.4, 0.5) is 0 Å². The molecule has 1 unspecified atom stereocenters. The van der Waals surface area contributed by atoms with Crippen molar-refractivity contribution in [3.8, 4) is 0 Å². The van der Waals surface area contributed by atoms with Gasteiger partial charge in [0, 0.05) is 12.7 Å². The molecule has 110 valence electrons. The number of hydrogen-bond donors (Lipinski definition) is 1. The minimum absolute atomic E-state index is 0.558. The van der Waals surface area contributed by atoms with Crippen molar-refractivity contribution in [1.29, 1.82) is 0 Å². The van der Waals surface area contributed by atoms with Gasteiger partial charge in [0.15, 0.2) is 9.84 Å². The SMILES string of the molecule is CC(C)CNCCCc1nnc(C(C)S(C)(=O)=O)s1. The Kier molecular flexibility index (Phi) is 6.35. The van der Waals surface area contributed by atoms with Crippen LogP contribution in [0.25, 0.3) is 0 Å². The molecule has 0 spiro atoms. The molecule has 0 fully saturated rings. The fourth-order valence-corrected chi connectivity index (χ4v) is 3.37. The van der Waals surface area contributed by atoms with Crippen molar-refractivity contribution < 1.29 is 8.42 Å². The number of rotatable bonds is 8. The van der Waals surface area contributed by atoms with Crippen LogP contribution >= 0.6 is 11.3 Å². The molecular formula is C12H23N3O2S2. The molecule has 1 N–H and O–H groups in total. The standard InChI is InChI=1S/C12H23N3O2S2/c1-9(2)8-13-7-5-6-11-14-15-12(18-11)10(3)19(4,16)17/h9-10,13H,5-8H2,1-4H3. The highest BCUT2D eigenvalue weighted by molar-refractivity contribution is 7.91. The maximum atomic E-state index is 11.4. The number of aryl methyl sites for hydroxylation is 1. The summed E-state index contributed by atoms with van der Waals surface area (Å²) in [6, 6.07) is 0. The van der Waals surface area contributed by atoms with Gasteiger partial charge in [-0.1, -0.05) is 13.8 Å². The van der Waals surface area contributed by atoms with Crippen molar-refractivity contribution in [2.45, 2.75) is 38.9 Å².